The maximum Gasteiger partial charge on any atom is 0.409 e. The van der Waals surface area contributed by atoms with Gasteiger partial charge in [0.1, 0.15) is 0 Å². The van der Waals surface area contributed by atoms with Crippen molar-refractivity contribution < 1.29 is 14.3 Å². The predicted molar refractivity (Wildman–Crippen MR) is 120 cm³/mol. The zero-order valence-corrected chi connectivity index (χ0v) is 19.1. The molecular weight excluding hydrogens is 422 g/mol. The number of likely N-dealkylation sites (tertiary alicyclic amines) is 1. The highest BCUT2D eigenvalue weighted by molar-refractivity contribution is 8.01. The van der Waals surface area contributed by atoms with Gasteiger partial charge in [0.15, 0.2) is 4.34 Å². The molecule has 10 heteroatoms. The van der Waals surface area contributed by atoms with E-state index in [9.17, 15) is 9.59 Å². The summed E-state index contributed by atoms with van der Waals surface area (Å²) in [6.07, 6.45) is 1.19. The van der Waals surface area contributed by atoms with Crippen LogP contribution >= 0.6 is 23.1 Å². The Bertz CT molecular complexity index is 881. The zero-order chi connectivity index (χ0) is 21.5. The van der Waals surface area contributed by atoms with Gasteiger partial charge in [0.25, 0.3) is 0 Å². The Morgan fingerprint density at radius 2 is 2.00 bits per heavy atom. The van der Waals surface area contributed by atoms with Crippen molar-refractivity contribution >= 4 is 45.9 Å². The molecule has 1 saturated heterocycles. The Morgan fingerprint density at radius 3 is 2.70 bits per heavy atom. The largest absolute Gasteiger partial charge is 0.450 e. The number of piperidine rings is 1. The predicted octanol–water partition coefficient (Wildman–Crippen LogP) is 3.73. The number of anilines is 2. The number of rotatable bonds is 7. The van der Waals surface area contributed by atoms with Gasteiger partial charge in [-0.05, 0) is 56.9 Å². The first-order chi connectivity index (χ1) is 14.4. The summed E-state index contributed by atoms with van der Waals surface area (Å²) >= 11 is 2.80. The lowest BCUT2D eigenvalue weighted by Gasteiger charge is -2.31. The maximum atomic E-state index is 12.3. The number of hydrogen-bond donors (Lipinski definition) is 2. The molecule has 0 unspecified atom stereocenters. The molecule has 0 aliphatic carbocycles. The van der Waals surface area contributed by atoms with Gasteiger partial charge in [-0.2, -0.15) is 0 Å². The summed E-state index contributed by atoms with van der Waals surface area (Å²) in [6.45, 7) is 7.51. The first-order valence-corrected chi connectivity index (χ1v) is 11.8. The quantitative estimate of drug-likeness (QED) is 0.622. The third-order valence-electron chi connectivity index (χ3n) is 4.88. The Morgan fingerprint density at radius 1 is 1.23 bits per heavy atom. The van der Waals surface area contributed by atoms with Crippen LogP contribution in [0.5, 0.6) is 0 Å². The Hall–Kier alpha value is -2.33. The molecule has 0 atom stereocenters. The third-order valence-corrected chi connectivity index (χ3v) is 6.85. The number of ether oxygens (including phenoxy) is 1. The first-order valence-electron chi connectivity index (χ1n) is 9.96. The normalized spacial score (nSPS) is 14.4. The molecule has 0 saturated carbocycles. The third kappa shape index (κ3) is 6.33. The van der Waals surface area contributed by atoms with E-state index in [1.807, 2.05) is 6.07 Å². The standard InChI is InChI=1S/C20H27N5O3S2/c1-4-28-20(27)25-9-7-15(8-10-25)21-17(26)12-29-19-24-23-18(30-19)22-16-6-5-13(2)14(3)11-16/h5-6,11,15H,4,7-10,12H2,1-3H3,(H,21,26)(H,22,23). The first kappa shape index (κ1) is 22.4. The molecule has 30 heavy (non-hydrogen) atoms. The summed E-state index contributed by atoms with van der Waals surface area (Å²) in [4.78, 5) is 25.7. The molecule has 2 heterocycles. The van der Waals surface area contributed by atoms with Gasteiger partial charge >= 0.3 is 6.09 Å². The van der Waals surface area contributed by atoms with Gasteiger partial charge < -0.3 is 20.3 Å². The van der Waals surface area contributed by atoms with E-state index in [2.05, 4.69) is 46.8 Å². The molecule has 1 aliphatic heterocycles. The molecule has 0 radical (unpaired) electrons. The Labute approximate surface area is 184 Å². The minimum atomic E-state index is -0.278. The average Bonchev–Trinajstić information content (AvgIpc) is 3.17. The molecule has 1 aromatic carbocycles. The second kappa shape index (κ2) is 10.6. The fourth-order valence-corrected chi connectivity index (χ4v) is 4.66. The molecular formula is C20H27N5O3S2. The number of carbonyl (C=O) groups excluding carboxylic acids is 2. The summed E-state index contributed by atoms with van der Waals surface area (Å²) in [6, 6.07) is 6.23. The van der Waals surface area contributed by atoms with Crippen LogP contribution in [0.1, 0.15) is 30.9 Å². The molecule has 2 N–H and O–H groups in total. The van der Waals surface area contributed by atoms with Crippen LogP contribution in [-0.2, 0) is 9.53 Å². The highest BCUT2D eigenvalue weighted by Crippen LogP contribution is 2.28. The Kier molecular flexibility index (Phi) is 7.92. The smallest absolute Gasteiger partial charge is 0.409 e. The van der Waals surface area contributed by atoms with Gasteiger partial charge in [-0.25, -0.2) is 4.79 Å². The van der Waals surface area contributed by atoms with Gasteiger partial charge in [0.05, 0.1) is 12.4 Å². The highest BCUT2D eigenvalue weighted by Gasteiger charge is 2.24. The molecule has 0 spiro atoms. The average molecular weight is 450 g/mol. The van der Waals surface area contributed by atoms with E-state index in [-0.39, 0.29) is 23.8 Å². The molecule has 8 nitrogen and oxygen atoms in total. The summed E-state index contributed by atoms with van der Waals surface area (Å²) in [5.41, 5.74) is 3.42. The van der Waals surface area contributed by atoms with Gasteiger partial charge in [0, 0.05) is 24.8 Å². The highest BCUT2D eigenvalue weighted by atomic mass is 32.2. The molecule has 2 aromatic rings. The van der Waals surface area contributed by atoms with Crippen LogP contribution in [0.2, 0.25) is 0 Å². The number of amides is 2. The van der Waals surface area contributed by atoms with Crippen molar-refractivity contribution in [2.24, 2.45) is 0 Å². The summed E-state index contributed by atoms with van der Waals surface area (Å²) < 4.78 is 5.76. The number of nitrogens with zero attached hydrogens (tertiary/aromatic N) is 3. The van der Waals surface area contributed by atoms with E-state index in [4.69, 9.17) is 4.74 Å². The van der Waals surface area contributed by atoms with Crippen molar-refractivity contribution in [1.82, 2.24) is 20.4 Å². The van der Waals surface area contributed by atoms with Gasteiger partial charge in [-0.1, -0.05) is 29.2 Å². The van der Waals surface area contributed by atoms with Crippen LogP contribution in [0.25, 0.3) is 0 Å². The van der Waals surface area contributed by atoms with Crippen molar-refractivity contribution in [3.8, 4) is 0 Å². The SMILES string of the molecule is CCOC(=O)N1CCC(NC(=O)CSc2nnc(Nc3ccc(C)c(C)c3)s2)CC1. The minimum Gasteiger partial charge on any atom is -0.450 e. The molecule has 1 aromatic heterocycles. The monoisotopic (exact) mass is 449 g/mol. The van der Waals surface area contributed by atoms with Gasteiger partial charge in [-0.15, -0.1) is 10.2 Å². The lowest BCUT2D eigenvalue weighted by Crippen LogP contribution is -2.47. The fourth-order valence-electron chi connectivity index (χ4n) is 3.08. The lowest BCUT2D eigenvalue weighted by atomic mass is 10.1. The topological polar surface area (TPSA) is 96.5 Å². The van der Waals surface area contributed by atoms with Crippen LogP contribution in [-0.4, -0.2) is 58.6 Å². The van der Waals surface area contributed by atoms with Gasteiger partial charge in [-0.3, -0.25) is 4.79 Å². The van der Waals surface area contributed by atoms with Crippen molar-refractivity contribution in [3.05, 3.63) is 29.3 Å². The summed E-state index contributed by atoms with van der Waals surface area (Å²) in [5, 5.41) is 15.3. The second-order valence-corrected chi connectivity index (χ2v) is 9.31. The molecule has 0 bridgehead atoms. The van der Waals surface area contributed by atoms with Crippen molar-refractivity contribution in [1.29, 1.82) is 0 Å². The molecule has 162 valence electrons. The molecule has 3 rings (SSSR count). The van der Waals surface area contributed by atoms with Crippen molar-refractivity contribution in [3.63, 3.8) is 0 Å². The molecule has 1 fully saturated rings. The summed E-state index contributed by atoms with van der Waals surface area (Å²) in [7, 11) is 0. The molecule has 2 amide bonds. The van der Waals surface area contributed by atoms with E-state index in [0.29, 0.717) is 24.8 Å². The van der Waals surface area contributed by atoms with Crippen LogP contribution in [0.15, 0.2) is 22.5 Å². The van der Waals surface area contributed by atoms with E-state index in [1.165, 1.54) is 34.2 Å². The fraction of sp³-hybridized carbons (Fsp3) is 0.500. The van der Waals surface area contributed by atoms with Crippen molar-refractivity contribution in [2.45, 2.75) is 44.0 Å². The number of aryl methyl sites for hydroxylation is 2. The van der Waals surface area contributed by atoms with Crippen LogP contribution < -0.4 is 10.6 Å². The van der Waals surface area contributed by atoms with E-state index < -0.39 is 0 Å². The van der Waals surface area contributed by atoms with Crippen LogP contribution in [0.3, 0.4) is 0 Å². The number of carbonyl (C=O) groups is 2. The Balaban J connectivity index is 1.40. The minimum absolute atomic E-state index is 0.0338. The van der Waals surface area contributed by atoms with E-state index >= 15 is 0 Å². The van der Waals surface area contributed by atoms with E-state index in [1.54, 1.807) is 11.8 Å². The van der Waals surface area contributed by atoms with Gasteiger partial charge in [0.2, 0.25) is 11.0 Å². The second-order valence-electron chi connectivity index (χ2n) is 7.11. The zero-order valence-electron chi connectivity index (χ0n) is 17.4. The number of nitrogens with one attached hydrogen (secondary N) is 2. The maximum absolute atomic E-state index is 12.3. The number of aromatic nitrogens is 2. The number of benzene rings is 1. The van der Waals surface area contributed by atoms with Crippen LogP contribution in [0.4, 0.5) is 15.6 Å². The number of thioether (sulfide) groups is 1. The summed E-state index contributed by atoms with van der Waals surface area (Å²) in [5.74, 6) is 0.254. The van der Waals surface area contributed by atoms with Crippen LogP contribution in [0, 0.1) is 13.8 Å². The number of hydrogen-bond acceptors (Lipinski definition) is 8. The molecule has 1 aliphatic rings. The lowest BCUT2D eigenvalue weighted by molar-refractivity contribution is -0.119. The van der Waals surface area contributed by atoms with E-state index in [0.717, 1.165) is 22.9 Å². The van der Waals surface area contributed by atoms with Crippen molar-refractivity contribution in [2.75, 3.05) is 30.8 Å².